The van der Waals surface area contributed by atoms with E-state index in [1.807, 2.05) is 20.8 Å². The molecule has 1 N–H and O–H groups in total. The SMILES string of the molecule is CCC(C)(C)NC(=O)c1ccccc1F. The summed E-state index contributed by atoms with van der Waals surface area (Å²) in [5.41, 5.74) is -0.210. The molecular formula is C12H16FNO. The highest BCUT2D eigenvalue weighted by Crippen LogP contribution is 2.11. The summed E-state index contributed by atoms with van der Waals surface area (Å²) < 4.78 is 13.3. The minimum absolute atomic E-state index is 0.0963. The minimum Gasteiger partial charge on any atom is -0.347 e. The van der Waals surface area contributed by atoms with Gasteiger partial charge in [0, 0.05) is 5.54 Å². The summed E-state index contributed by atoms with van der Waals surface area (Å²) in [6.07, 6.45) is 0.799. The third-order valence-electron chi connectivity index (χ3n) is 2.45. The van der Waals surface area contributed by atoms with Gasteiger partial charge in [0.05, 0.1) is 5.56 Å². The van der Waals surface area contributed by atoms with Crippen LogP contribution >= 0.6 is 0 Å². The highest BCUT2D eigenvalue weighted by Gasteiger charge is 2.20. The average Bonchev–Trinajstić information content (AvgIpc) is 2.17. The van der Waals surface area contributed by atoms with Crippen molar-refractivity contribution in [3.05, 3.63) is 35.6 Å². The summed E-state index contributed by atoms with van der Waals surface area (Å²) in [5.74, 6) is -0.846. The van der Waals surface area contributed by atoms with Crippen molar-refractivity contribution in [2.45, 2.75) is 32.7 Å². The molecule has 82 valence electrons. The summed E-state index contributed by atoms with van der Waals surface area (Å²) in [6, 6.07) is 5.98. The number of benzene rings is 1. The largest absolute Gasteiger partial charge is 0.347 e. The highest BCUT2D eigenvalue weighted by atomic mass is 19.1. The van der Waals surface area contributed by atoms with Crippen molar-refractivity contribution in [3.8, 4) is 0 Å². The number of rotatable bonds is 3. The van der Waals surface area contributed by atoms with Crippen LogP contribution in [0.4, 0.5) is 4.39 Å². The molecule has 0 aromatic heterocycles. The summed E-state index contributed by atoms with van der Waals surface area (Å²) in [5, 5.41) is 2.78. The molecule has 0 aliphatic rings. The Bertz CT molecular complexity index is 360. The van der Waals surface area contributed by atoms with Crippen LogP contribution in [0.5, 0.6) is 0 Å². The van der Waals surface area contributed by atoms with Gasteiger partial charge in [-0.15, -0.1) is 0 Å². The fourth-order valence-electron chi connectivity index (χ4n) is 1.11. The predicted molar refractivity (Wildman–Crippen MR) is 58.2 cm³/mol. The molecule has 1 rings (SSSR count). The third-order valence-corrected chi connectivity index (χ3v) is 2.45. The summed E-state index contributed by atoms with van der Waals surface area (Å²) >= 11 is 0. The fourth-order valence-corrected chi connectivity index (χ4v) is 1.11. The smallest absolute Gasteiger partial charge is 0.254 e. The number of hydrogen-bond acceptors (Lipinski definition) is 1. The minimum atomic E-state index is -0.484. The van der Waals surface area contributed by atoms with Crippen molar-refractivity contribution in [2.24, 2.45) is 0 Å². The Kier molecular flexibility index (Phi) is 3.45. The van der Waals surface area contributed by atoms with Crippen molar-refractivity contribution >= 4 is 5.91 Å². The first-order chi connectivity index (χ1) is 6.96. The second-order valence-corrected chi connectivity index (χ2v) is 4.17. The molecule has 0 heterocycles. The topological polar surface area (TPSA) is 29.1 Å². The maximum atomic E-state index is 13.3. The predicted octanol–water partition coefficient (Wildman–Crippen LogP) is 2.74. The number of carbonyl (C=O) groups excluding carboxylic acids is 1. The van der Waals surface area contributed by atoms with E-state index in [0.717, 1.165) is 6.42 Å². The van der Waals surface area contributed by atoms with Crippen LogP contribution in [0, 0.1) is 5.82 Å². The molecule has 0 aliphatic heterocycles. The average molecular weight is 209 g/mol. The first-order valence-electron chi connectivity index (χ1n) is 5.03. The molecule has 0 radical (unpaired) electrons. The second kappa shape index (κ2) is 4.43. The number of halogens is 1. The molecule has 1 aromatic carbocycles. The lowest BCUT2D eigenvalue weighted by atomic mass is 10.0. The zero-order chi connectivity index (χ0) is 11.5. The maximum absolute atomic E-state index is 13.3. The maximum Gasteiger partial charge on any atom is 0.254 e. The van der Waals surface area contributed by atoms with Gasteiger partial charge in [0.1, 0.15) is 5.82 Å². The van der Waals surface area contributed by atoms with Gasteiger partial charge in [-0.2, -0.15) is 0 Å². The molecular weight excluding hydrogens is 193 g/mol. The van der Waals surface area contributed by atoms with Crippen LogP contribution in [-0.4, -0.2) is 11.4 Å². The molecule has 1 aromatic rings. The van der Waals surface area contributed by atoms with Gasteiger partial charge in [-0.05, 0) is 32.4 Å². The number of hydrogen-bond donors (Lipinski definition) is 1. The number of amides is 1. The van der Waals surface area contributed by atoms with Crippen LogP contribution in [0.3, 0.4) is 0 Å². The quantitative estimate of drug-likeness (QED) is 0.814. The number of nitrogens with one attached hydrogen (secondary N) is 1. The van der Waals surface area contributed by atoms with Gasteiger partial charge in [0.15, 0.2) is 0 Å². The van der Waals surface area contributed by atoms with E-state index in [4.69, 9.17) is 0 Å². The summed E-state index contributed by atoms with van der Waals surface area (Å²) in [4.78, 5) is 11.7. The van der Waals surface area contributed by atoms with E-state index in [9.17, 15) is 9.18 Å². The van der Waals surface area contributed by atoms with Crippen molar-refractivity contribution in [2.75, 3.05) is 0 Å². The lowest BCUT2D eigenvalue weighted by Crippen LogP contribution is -2.43. The van der Waals surface area contributed by atoms with E-state index in [1.165, 1.54) is 12.1 Å². The molecule has 0 saturated carbocycles. The molecule has 0 aliphatic carbocycles. The third kappa shape index (κ3) is 3.05. The van der Waals surface area contributed by atoms with Gasteiger partial charge in [-0.3, -0.25) is 4.79 Å². The normalized spacial score (nSPS) is 11.2. The van der Waals surface area contributed by atoms with E-state index >= 15 is 0 Å². The van der Waals surface area contributed by atoms with Crippen LogP contribution in [-0.2, 0) is 0 Å². The zero-order valence-electron chi connectivity index (χ0n) is 9.30. The van der Waals surface area contributed by atoms with Crippen molar-refractivity contribution in [1.29, 1.82) is 0 Å². The van der Waals surface area contributed by atoms with E-state index in [2.05, 4.69) is 5.32 Å². The Balaban J connectivity index is 2.83. The van der Waals surface area contributed by atoms with Crippen molar-refractivity contribution in [1.82, 2.24) is 5.32 Å². The molecule has 1 amide bonds. The van der Waals surface area contributed by atoms with E-state index in [1.54, 1.807) is 12.1 Å². The Hall–Kier alpha value is -1.38. The van der Waals surface area contributed by atoms with E-state index in [-0.39, 0.29) is 17.0 Å². The highest BCUT2D eigenvalue weighted by molar-refractivity contribution is 5.94. The molecule has 0 unspecified atom stereocenters. The van der Waals surface area contributed by atoms with Gasteiger partial charge < -0.3 is 5.32 Å². The van der Waals surface area contributed by atoms with E-state index in [0.29, 0.717) is 0 Å². The lowest BCUT2D eigenvalue weighted by molar-refractivity contribution is 0.0907. The molecule has 15 heavy (non-hydrogen) atoms. The van der Waals surface area contributed by atoms with Crippen LogP contribution in [0.2, 0.25) is 0 Å². The molecule has 2 nitrogen and oxygen atoms in total. The molecule has 0 spiro atoms. The fraction of sp³-hybridized carbons (Fsp3) is 0.417. The van der Waals surface area contributed by atoms with Crippen molar-refractivity contribution in [3.63, 3.8) is 0 Å². The standard InChI is InChI=1S/C12H16FNO/c1-4-12(2,3)14-11(15)9-7-5-6-8-10(9)13/h5-8H,4H2,1-3H3,(H,14,15). The van der Waals surface area contributed by atoms with Crippen molar-refractivity contribution < 1.29 is 9.18 Å². The van der Waals surface area contributed by atoms with Gasteiger partial charge >= 0.3 is 0 Å². The summed E-state index contributed by atoms with van der Waals surface area (Å²) in [6.45, 7) is 5.79. The first kappa shape index (κ1) is 11.7. The zero-order valence-corrected chi connectivity index (χ0v) is 9.30. The van der Waals surface area contributed by atoms with Gasteiger partial charge in [0.25, 0.3) is 5.91 Å². The molecule has 0 atom stereocenters. The number of carbonyl (C=O) groups is 1. The molecule has 0 bridgehead atoms. The van der Waals surface area contributed by atoms with Crippen LogP contribution in [0.15, 0.2) is 24.3 Å². The van der Waals surface area contributed by atoms with Gasteiger partial charge in [-0.25, -0.2) is 4.39 Å². The Morgan fingerprint density at radius 1 is 1.40 bits per heavy atom. The Morgan fingerprint density at radius 2 is 2.00 bits per heavy atom. The van der Waals surface area contributed by atoms with Crippen LogP contribution < -0.4 is 5.32 Å². The van der Waals surface area contributed by atoms with Crippen LogP contribution in [0.1, 0.15) is 37.6 Å². The van der Waals surface area contributed by atoms with Crippen LogP contribution in [0.25, 0.3) is 0 Å². The first-order valence-corrected chi connectivity index (χ1v) is 5.03. The Labute approximate surface area is 89.5 Å². The molecule has 0 saturated heterocycles. The van der Waals surface area contributed by atoms with E-state index < -0.39 is 5.82 Å². The molecule has 3 heteroatoms. The Morgan fingerprint density at radius 3 is 2.53 bits per heavy atom. The molecule has 0 fully saturated rings. The van der Waals surface area contributed by atoms with Gasteiger partial charge in [0.2, 0.25) is 0 Å². The second-order valence-electron chi connectivity index (χ2n) is 4.17. The monoisotopic (exact) mass is 209 g/mol. The van der Waals surface area contributed by atoms with Gasteiger partial charge in [-0.1, -0.05) is 19.1 Å². The lowest BCUT2D eigenvalue weighted by Gasteiger charge is -2.24. The summed E-state index contributed by atoms with van der Waals surface area (Å²) in [7, 11) is 0.